The van der Waals surface area contributed by atoms with Gasteiger partial charge in [-0.1, -0.05) is 23.8 Å². The molecule has 0 fully saturated rings. The summed E-state index contributed by atoms with van der Waals surface area (Å²) in [5.41, 5.74) is 3.43. The molecule has 1 rings (SSSR count). The first-order chi connectivity index (χ1) is 9.43. The molecule has 5 nitrogen and oxygen atoms in total. The van der Waals surface area contributed by atoms with Gasteiger partial charge in [0.25, 0.3) is 0 Å². The number of nitrogens with one attached hydrogen (secondary N) is 1. The quantitative estimate of drug-likeness (QED) is 0.792. The van der Waals surface area contributed by atoms with Crippen molar-refractivity contribution >= 4 is 11.9 Å². The Hall–Kier alpha value is -1.88. The van der Waals surface area contributed by atoms with E-state index in [1.807, 2.05) is 26.0 Å². The van der Waals surface area contributed by atoms with Crippen LogP contribution in [-0.4, -0.2) is 36.7 Å². The number of aliphatic carboxylic acids is 1. The monoisotopic (exact) mass is 279 g/mol. The zero-order chi connectivity index (χ0) is 15.1. The number of methoxy groups -OCH3 is 1. The fraction of sp³-hybridized carbons (Fsp3) is 0.467. The molecular weight excluding hydrogens is 258 g/mol. The number of ether oxygens (including phenoxy) is 1. The lowest BCUT2D eigenvalue weighted by atomic mass is 10.0. The summed E-state index contributed by atoms with van der Waals surface area (Å²) >= 11 is 0. The lowest BCUT2D eigenvalue weighted by molar-refractivity contribution is -0.143. The molecule has 2 N–H and O–H groups in total. The second-order valence-electron chi connectivity index (χ2n) is 4.84. The number of carboxylic acids is 1. The number of hydrogen-bond donors (Lipinski definition) is 2. The van der Waals surface area contributed by atoms with E-state index in [0.717, 1.165) is 11.1 Å². The molecule has 0 aromatic heterocycles. The van der Waals surface area contributed by atoms with Crippen molar-refractivity contribution in [1.82, 2.24) is 5.32 Å². The van der Waals surface area contributed by atoms with Crippen molar-refractivity contribution in [1.29, 1.82) is 0 Å². The maximum atomic E-state index is 11.8. The topological polar surface area (TPSA) is 75.6 Å². The lowest BCUT2D eigenvalue weighted by Crippen LogP contribution is -2.43. The number of carbonyl (C=O) groups excluding carboxylic acids is 1. The van der Waals surface area contributed by atoms with Crippen molar-refractivity contribution in [3.05, 3.63) is 34.9 Å². The third-order valence-electron chi connectivity index (χ3n) is 3.09. The standard InChI is InChI=1S/C15H21NO4/c1-10-4-5-12(11(2)8-10)6-7-14(17)16-13(9-20-3)15(18)19/h4-5,8,13H,6-7,9H2,1-3H3,(H,16,17)(H,18,19). The van der Waals surface area contributed by atoms with Crippen LogP contribution in [-0.2, 0) is 20.7 Å². The highest BCUT2D eigenvalue weighted by atomic mass is 16.5. The third kappa shape index (κ3) is 5.01. The summed E-state index contributed by atoms with van der Waals surface area (Å²) in [6.07, 6.45) is 0.856. The molecule has 0 aliphatic rings. The number of rotatable bonds is 7. The van der Waals surface area contributed by atoms with Gasteiger partial charge >= 0.3 is 5.97 Å². The van der Waals surface area contributed by atoms with E-state index in [0.29, 0.717) is 6.42 Å². The minimum absolute atomic E-state index is 0.0371. The van der Waals surface area contributed by atoms with Crippen LogP contribution >= 0.6 is 0 Å². The van der Waals surface area contributed by atoms with Crippen LogP contribution in [0.4, 0.5) is 0 Å². The molecule has 5 heteroatoms. The number of amides is 1. The highest BCUT2D eigenvalue weighted by molar-refractivity contribution is 5.83. The van der Waals surface area contributed by atoms with Gasteiger partial charge in [0.15, 0.2) is 6.04 Å². The van der Waals surface area contributed by atoms with Crippen LogP contribution in [0, 0.1) is 13.8 Å². The average molecular weight is 279 g/mol. The molecule has 0 radical (unpaired) electrons. The molecule has 0 heterocycles. The smallest absolute Gasteiger partial charge is 0.328 e. The molecule has 1 aromatic carbocycles. The molecule has 0 aliphatic carbocycles. The Balaban J connectivity index is 2.52. The maximum absolute atomic E-state index is 11.8. The van der Waals surface area contributed by atoms with Gasteiger partial charge in [-0.25, -0.2) is 4.79 Å². The van der Waals surface area contributed by atoms with E-state index < -0.39 is 12.0 Å². The second-order valence-corrected chi connectivity index (χ2v) is 4.84. The summed E-state index contributed by atoms with van der Waals surface area (Å²) in [5, 5.41) is 11.4. The molecule has 0 spiro atoms. The normalized spacial score (nSPS) is 11.9. The summed E-state index contributed by atoms with van der Waals surface area (Å²) < 4.78 is 4.77. The summed E-state index contributed by atoms with van der Waals surface area (Å²) in [7, 11) is 1.40. The molecule has 0 saturated carbocycles. The Kier molecular flexibility index (Phi) is 6.18. The first-order valence-corrected chi connectivity index (χ1v) is 6.51. The number of hydrogen-bond acceptors (Lipinski definition) is 3. The fourth-order valence-electron chi connectivity index (χ4n) is 1.98. The van der Waals surface area contributed by atoms with Crippen molar-refractivity contribution in [2.24, 2.45) is 0 Å². The van der Waals surface area contributed by atoms with Gasteiger partial charge in [-0.2, -0.15) is 0 Å². The molecule has 1 atom stereocenters. The molecule has 0 saturated heterocycles. The fourth-order valence-corrected chi connectivity index (χ4v) is 1.98. The van der Waals surface area contributed by atoms with Gasteiger partial charge in [-0.3, -0.25) is 4.79 Å². The van der Waals surface area contributed by atoms with Crippen LogP contribution in [0.2, 0.25) is 0 Å². The summed E-state index contributed by atoms with van der Waals surface area (Å²) in [6.45, 7) is 3.99. The van der Waals surface area contributed by atoms with E-state index in [-0.39, 0.29) is 18.9 Å². The second kappa shape index (κ2) is 7.65. The summed E-state index contributed by atoms with van der Waals surface area (Å²) in [4.78, 5) is 22.7. The molecule has 1 aromatic rings. The predicted octanol–water partition coefficient (Wildman–Crippen LogP) is 1.45. The van der Waals surface area contributed by atoms with Gasteiger partial charge in [-0.15, -0.1) is 0 Å². The van der Waals surface area contributed by atoms with Gasteiger partial charge < -0.3 is 15.2 Å². The van der Waals surface area contributed by atoms with E-state index in [1.54, 1.807) is 0 Å². The van der Waals surface area contributed by atoms with Crippen LogP contribution < -0.4 is 5.32 Å². The van der Waals surface area contributed by atoms with Crippen molar-refractivity contribution < 1.29 is 19.4 Å². The van der Waals surface area contributed by atoms with E-state index in [1.165, 1.54) is 12.7 Å². The Morgan fingerprint density at radius 2 is 2.05 bits per heavy atom. The summed E-state index contributed by atoms with van der Waals surface area (Å²) in [5.74, 6) is -1.37. The first-order valence-electron chi connectivity index (χ1n) is 6.51. The van der Waals surface area contributed by atoms with E-state index in [2.05, 4.69) is 11.4 Å². The number of benzene rings is 1. The van der Waals surface area contributed by atoms with Crippen molar-refractivity contribution in [2.75, 3.05) is 13.7 Å². The molecule has 20 heavy (non-hydrogen) atoms. The molecular formula is C15H21NO4. The Bertz CT molecular complexity index is 485. The predicted molar refractivity (Wildman–Crippen MR) is 75.7 cm³/mol. The van der Waals surface area contributed by atoms with Gasteiger partial charge in [0.2, 0.25) is 5.91 Å². The molecule has 1 unspecified atom stereocenters. The maximum Gasteiger partial charge on any atom is 0.328 e. The van der Waals surface area contributed by atoms with Gasteiger partial charge in [0.05, 0.1) is 6.61 Å². The molecule has 0 bridgehead atoms. The number of carbonyl (C=O) groups is 2. The minimum Gasteiger partial charge on any atom is -0.480 e. The van der Waals surface area contributed by atoms with Gasteiger partial charge in [0, 0.05) is 13.5 Å². The number of carboxylic acid groups (broad SMARTS) is 1. The first kappa shape index (κ1) is 16.2. The van der Waals surface area contributed by atoms with Crippen molar-refractivity contribution in [3.8, 4) is 0 Å². The van der Waals surface area contributed by atoms with Gasteiger partial charge in [0.1, 0.15) is 0 Å². The Morgan fingerprint density at radius 3 is 2.60 bits per heavy atom. The average Bonchev–Trinajstić information content (AvgIpc) is 2.37. The zero-order valence-corrected chi connectivity index (χ0v) is 12.1. The van der Waals surface area contributed by atoms with Crippen molar-refractivity contribution in [3.63, 3.8) is 0 Å². The highest BCUT2D eigenvalue weighted by Crippen LogP contribution is 2.12. The van der Waals surface area contributed by atoms with Crippen LogP contribution in [0.5, 0.6) is 0 Å². The lowest BCUT2D eigenvalue weighted by Gasteiger charge is -2.13. The third-order valence-corrected chi connectivity index (χ3v) is 3.09. The van der Waals surface area contributed by atoms with Gasteiger partial charge in [-0.05, 0) is 31.4 Å². The molecule has 1 amide bonds. The molecule has 0 aliphatic heterocycles. The van der Waals surface area contributed by atoms with E-state index in [4.69, 9.17) is 9.84 Å². The Labute approximate surface area is 118 Å². The summed E-state index contributed by atoms with van der Waals surface area (Å²) in [6, 6.07) is 5.08. The number of aryl methyl sites for hydroxylation is 3. The van der Waals surface area contributed by atoms with Crippen LogP contribution in [0.25, 0.3) is 0 Å². The van der Waals surface area contributed by atoms with E-state index >= 15 is 0 Å². The molecule has 110 valence electrons. The zero-order valence-electron chi connectivity index (χ0n) is 12.1. The minimum atomic E-state index is -1.09. The SMILES string of the molecule is COCC(NC(=O)CCc1ccc(C)cc1C)C(=O)O. The van der Waals surface area contributed by atoms with Crippen molar-refractivity contribution in [2.45, 2.75) is 32.7 Å². The largest absolute Gasteiger partial charge is 0.480 e. The highest BCUT2D eigenvalue weighted by Gasteiger charge is 2.19. The van der Waals surface area contributed by atoms with E-state index in [9.17, 15) is 9.59 Å². The van der Waals surface area contributed by atoms with Crippen LogP contribution in [0.1, 0.15) is 23.1 Å². The van der Waals surface area contributed by atoms with Crippen LogP contribution in [0.3, 0.4) is 0 Å². The van der Waals surface area contributed by atoms with Crippen LogP contribution in [0.15, 0.2) is 18.2 Å². The Morgan fingerprint density at radius 1 is 1.35 bits per heavy atom.